The van der Waals surface area contributed by atoms with Gasteiger partial charge >= 0.3 is 0 Å². The van der Waals surface area contributed by atoms with E-state index in [-0.39, 0.29) is 18.3 Å². The van der Waals surface area contributed by atoms with Crippen LogP contribution >= 0.6 is 11.8 Å². The maximum Gasteiger partial charge on any atom is 0.240 e. The van der Waals surface area contributed by atoms with Crippen LogP contribution in [0.3, 0.4) is 0 Å². The molecule has 1 aliphatic rings. The van der Waals surface area contributed by atoms with Crippen molar-refractivity contribution >= 4 is 23.4 Å². The van der Waals surface area contributed by atoms with Crippen molar-refractivity contribution in [2.45, 2.75) is 23.1 Å². The fourth-order valence-corrected chi connectivity index (χ4v) is 4.62. The number of carbonyl (C=O) groups excluding carboxylic acids is 1. The fourth-order valence-electron chi connectivity index (χ4n) is 3.52. The van der Waals surface area contributed by atoms with Gasteiger partial charge in [-0.2, -0.15) is 0 Å². The van der Waals surface area contributed by atoms with Gasteiger partial charge in [0.05, 0.1) is 6.04 Å². The number of rotatable bonds is 6. The van der Waals surface area contributed by atoms with Gasteiger partial charge < -0.3 is 15.5 Å². The number of anilines is 1. The first kappa shape index (κ1) is 21.9. The molecule has 0 bridgehead atoms. The first-order valence-electron chi connectivity index (χ1n) is 10.4. The Morgan fingerprint density at radius 1 is 0.971 bits per heavy atom. The standard InChI is InChI=1S/C24H19F2N5O2S/c25-16-8-6-15(7-9-16)21-22(23(32)27-18-12-10-17(26)11-13-18)34-24-29-28-20(31(24)30-21)14-33-19-4-2-1-3-5-19/h1-13,21-22,30H,14H2,(H,27,32). The van der Waals surface area contributed by atoms with Crippen molar-refractivity contribution in [1.82, 2.24) is 14.9 Å². The molecule has 34 heavy (non-hydrogen) atoms. The van der Waals surface area contributed by atoms with E-state index in [2.05, 4.69) is 20.9 Å². The number of carbonyl (C=O) groups is 1. The van der Waals surface area contributed by atoms with Gasteiger partial charge in [0.25, 0.3) is 0 Å². The van der Waals surface area contributed by atoms with E-state index in [4.69, 9.17) is 4.74 Å². The minimum Gasteiger partial charge on any atom is -0.486 e. The Hall–Kier alpha value is -3.92. The minimum atomic E-state index is -0.657. The number of benzene rings is 3. The van der Waals surface area contributed by atoms with Gasteiger partial charge in [-0.1, -0.05) is 42.1 Å². The average molecular weight is 480 g/mol. The molecule has 2 atom stereocenters. The molecule has 10 heteroatoms. The topological polar surface area (TPSA) is 81.1 Å². The van der Waals surface area contributed by atoms with Crippen LogP contribution in [0.25, 0.3) is 0 Å². The first-order chi connectivity index (χ1) is 16.6. The van der Waals surface area contributed by atoms with Gasteiger partial charge in [-0.3, -0.25) is 4.79 Å². The zero-order valence-corrected chi connectivity index (χ0v) is 18.5. The molecule has 1 aromatic heterocycles. The third kappa shape index (κ3) is 4.72. The number of para-hydroxylation sites is 1. The van der Waals surface area contributed by atoms with E-state index in [0.717, 1.165) is 0 Å². The molecular weight excluding hydrogens is 460 g/mol. The maximum atomic E-state index is 13.6. The number of halogens is 2. The van der Waals surface area contributed by atoms with Crippen LogP contribution in [0.15, 0.2) is 84.0 Å². The van der Waals surface area contributed by atoms with E-state index in [1.165, 1.54) is 48.2 Å². The van der Waals surface area contributed by atoms with Gasteiger partial charge in [-0.15, -0.1) is 10.2 Å². The summed E-state index contributed by atoms with van der Waals surface area (Å²) >= 11 is 1.23. The summed E-state index contributed by atoms with van der Waals surface area (Å²) in [5.41, 5.74) is 4.47. The van der Waals surface area contributed by atoms with Crippen LogP contribution in [0.2, 0.25) is 0 Å². The molecule has 0 radical (unpaired) electrons. The number of amides is 1. The summed E-state index contributed by atoms with van der Waals surface area (Å²) in [4.78, 5) is 13.2. The number of fused-ring (bicyclic) bond motifs is 1. The van der Waals surface area contributed by atoms with Crippen molar-refractivity contribution in [3.63, 3.8) is 0 Å². The van der Waals surface area contributed by atoms with Crippen molar-refractivity contribution in [2.75, 3.05) is 10.7 Å². The lowest BCUT2D eigenvalue weighted by Crippen LogP contribution is -2.41. The lowest BCUT2D eigenvalue weighted by molar-refractivity contribution is -0.116. The van der Waals surface area contributed by atoms with Crippen LogP contribution in [0, 0.1) is 11.6 Å². The average Bonchev–Trinajstić information content (AvgIpc) is 3.26. The van der Waals surface area contributed by atoms with Crippen LogP contribution in [0.1, 0.15) is 17.4 Å². The monoisotopic (exact) mass is 479 g/mol. The van der Waals surface area contributed by atoms with Crippen molar-refractivity contribution in [3.05, 3.63) is 102 Å². The van der Waals surface area contributed by atoms with E-state index in [1.54, 1.807) is 16.8 Å². The Morgan fingerprint density at radius 2 is 1.65 bits per heavy atom. The number of hydrogen-bond donors (Lipinski definition) is 2. The highest BCUT2D eigenvalue weighted by molar-refractivity contribution is 8.00. The Kier molecular flexibility index (Phi) is 6.13. The van der Waals surface area contributed by atoms with Crippen molar-refractivity contribution in [2.24, 2.45) is 0 Å². The van der Waals surface area contributed by atoms with Gasteiger partial charge in [0.2, 0.25) is 11.1 Å². The van der Waals surface area contributed by atoms with Crippen LogP contribution in [0.5, 0.6) is 5.75 Å². The van der Waals surface area contributed by atoms with E-state index >= 15 is 0 Å². The van der Waals surface area contributed by atoms with Crippen molar-refractivity contribution in [1.29, 1.82) is 0 Å². The largest absolute Gasteiger partial charge is 0.486 e. The van der Waals surface area contributed by atoms with Gasteiger partial charge in [0, 0.05) is 5.69 Å². The lowest BCUT2D eigenvalue weighted by Gasteiger charge is -2.33. The van der Waals surface area contributed by atoms with Crippen LogP contribution in [0.4, 0.5) is 14.5 Å². The maximum absolute atomic E-state index is 13.6. The highest BCUT2D eigenvalue weighted by atomic mass is 32.2. The molecule has 0 aliphatic carbocycles. The summed E-state index contributed by atoms with van der Waals surface area (Å²) in [7, 11) is 0. The van der Waals surface area contributed by atoms with Crippen LogP contribution in [-0.4, -0.2) is 26.0 Å². The Morgan fingerprint density at radius 3 is 2.35 bits per heavy atom. The van der Waals surface area contributed by atoms with E-state index < -0.39 is 17.1 Å². The van der Waals surface area contributed by atoms with Gasteiger partial charge in [0.15, 0.2) is 5.82 Å². The molecule has 2 heterocycles. The predicted octanol–water partition coefficient (Wildman–Crippen LogP) is 4.53. The van der Waals surface area contributed by atoms with Crippen LogP contribution < -0.4 is 15.5 Å². The molecule has 4 aromatic rings. The van der Waals surface area contributed by atoms with E-state index in [1.807, 2.05) is 30.3 Å². The summed E-state index contributed by atoms with van der Waals surface area (Å²) in [5, 5.41) is 11.1. The number of hydrogen-bond acceptors (Lipinski definition) is 6. The molecule has 2 unspecified atom stereocenters. The second kappa shape index (κ2) is 9.52. The summed E-state index contributed by atoms with van der Waals surface area (Å²) in [5.74, 6) is 0.135. The summed E-state index contributed by atoms with van der Waals surface area (Å²) in [6, 6.07) is 20.3. The van der Waals surface area contributed by atoms with E-state index in [9.17, 15) is 13.6 Å². The molecule has 1 amide bonds. The third-order valence-electron chi connectivity index (χ3n) is 5.21. The smallest absolute Gasteiger partial charge is 0.240 e. The molecule has 0 saturated heterocycles. The summed E-state index contributed by atoms with van der Waals surface area (Å²) in [6.07, 6.45) is 0. The Bertz CT molecular complexity index is 1280. The minimum absolute atomic E-state index is 0.160. The number of aromatic nitrogens is 3. The number of ether oxygens (including phenoxy) is 1. The molecule has 0 spiro atoms. The van der Waals surface area contributed by atoms with Crippen molar-refractivity contribution in [3.8, 4) is 5.75 Å². The highest BCUT2D eigenvalue weighted by Crippen LogP contribution is 2.37. The zero-order chi connectivity index (χ0) is 23.5. The van der Waals surface area contributed by atoms with E-state index in [0.29, 0.717) is 28.0 Å². The quantitative estimate of drug-likeness (QED) is 0.423. The van der Waals surface area contributed by atoms with Crippen molar-refractivity contribution < 1.29 is 18.3 Å². The molecule has 7 nitrogen and oxygen atoms in total. The molecule has 172 valence electrons. The Labute approximate surface area is 198 Å². The summed E-state index contributed by atoms with van der Waals surface area (Å²) in [6.45, 7) is 0.160. The zero-order valence-electron chi connectivity index (χ0n) is 17.7. The molecule has 2 N–H and O–H groups in total. The van der Waals surface area contributed by atoms with Gasteiger partial charge in [0.1, 0.15) is 29.2 Å². The second-order valence-electron chi connectivity index (χ2n) is 7.53. The molecule has 5 rings (SSSR count). The second-order valence-corrected chi connectivity index (χ2v) is 8.64. The fraction of sp³-hybridized carbons (Fsp3) is 0.125. The molecule has 0 saturated carbocycles. The highest BCUT2D eigenvalue weighted by Gasteiger charge is 2.38. The van der Waals surface area contributed by atoms with Gasteiger partial charge in [-0.05, 0) is 54.1 Å². The molecule has 3 aromatic carbocycles. The number of nitrogens with one attached hydrogen (secondary N) is 2. The summed E-state index contributed by atoms with van der Waals surface area (Å²) < 4.78 is 34.3. The molecule has 0 fully saturated rings. The molecule has 1 aliphatic heterocycles. The normalized spacial score (nSPS) is 16.9. The molecular formula is C24H19F2N5O2S. The Balaban J connectivity index is 1.41. The predicted molar refractivity (Wildman–Crippen MR) is 124 cm³/mol. The SMILES string of the molecule is O=C(Nc1ccc(F)cc1)C1Sc2nnc(COc3ccccc3)n2NC1c1ccc(F)cc1. The van der Waals surface area contributed by atoms with Gasteiger partial charge in [-0.25, -0.2) is 13.5 Å². The lowest BCUT2D eigenvalue weighted by atomic mass is 10.0. The first-order valence-corrected chi connectivity index (χ1v) is 11.3. The number of thioether (sulfide) groups is 1. The van der Waals surface area contributed by atoms with Crippen LogP contribution in [-0.2, 0) is 11.4 Å². The number of nitrogens with zero attached hydrogens (tertiary/aromatic N) is 3. The third-order valence-corrected chi connectivity index (χ3v) is 6.43.